The minimum absolute atomic E-state index is 0.0188. The lowest BCUT2D eigenvalue weighted by molar-refractivity contribution is -0.149. The first-order chi connectivity index (χ1) is 13.9. The van der Waals surface area contributed by atoms with E-state index in [4.69, 9.17) is 9.47 Å². The molecule has 0 amide bonds. The van der Waals surface area contributed by atoms with Gasteiger partial charge in [-0.1, -0.05) is 53.4 Å². The molecule has 6 atom stereocenters. The van der Waals surface area contributed by atoms with Gasteiger partial charge < -0.3 is 9.47 Å². The number of hydrogen-bond donors (Lipinski definition) is 0. The van der Waals surface area contributed by atoms with Gasteiger partial charge in [-0.25, -0.2) is 9.59 Å². The summed E-state index contributed by atoms with van der Waals surface area (Å²) in [7, 11) is 0. The molecular formula is C25H40O4. The van der Waals surface area contributed by atoms with Crippen molar-refractivity contribution in [2.24, 2.45) is 23.7 Å². The molecule has 0 N–H and O–H groups in total. The SMILES string of the molecule is CCC[C@@H]1CC[C@@H](C)C[C@H]1OC(=O)C=C=CC(=O)O[C@@H]1C[C@H](C)CC[C@H]1CCC. The Morgan fingerprint density at radius 3 is 1.59 bits per heavy atom. The summed E-state index contributed by atoms with van der Waals surface area (Å²) in [6, 6.07) is 0. The predicted molar refractivity (Wildman–Crippen MR) is 115 cm³/mol. The van der Waals surface area contributed by atoms with E-state index in [0.29, 0.717) is 23.7 Å². The van der Waals surface area contributed by atoms with Crippen LogP contribution in [0.2, 0.25) is 0 Å². The summed E-state index contributed by atoms with van der Waals surface area (Å²) in [6.45, 7) is 8.77. The van der Waals surface area contributed by atoms with Gasteiger partial charge in [-0.05, 0) is 62.2 Å². The number of carbonyl (C=O) groups excluding carboxylic acids is 2. The number of carbonyl (C=O) groups is 2. The molecule has 0 aromatic heterocycles. The number of rotatable bonds is 8. The smallest absolute Gasteiger partial charge is 0.338 e. The highest BCUT2D eigenvalue weighted by Gasteiger charge is 2.31. The first-order valence-corrected chi connectivity index (χ1v) is 11.8. The Kier molecular flexibility index (Phi) is 10.0. The zero-order valence-electron chi connectivity index (χ0n) is 18.8. The predicted octanol–water partition coefficient (Wildman–Crippen LogP) is 5.99. The number of hydrogen-bond acceptors (Lipinski definition) is 4. The van der Waals surface area contributed by atoms with E-state index in [-0.39, 0.29) is 12.2 Å². The minimum Gasteiger partial charge on any atom is -0.458 e. The zero-order valence-corrected chi connectivity index (χ0v) is 18.8. The average Bonchev–Trinajstić information content (AvgIpc) is 2.66. The van der Waals surface area contributed by atoms with Gasteiger partial charge in [-0.15, -0.1) is 5.73 Å². The van der Waals surface area contributed by atoms with E-state index < -0.39 is 11.9 Å². The monoisotopic (exact) mass is 404 g/mol. The van der Waals surface area contributed by atoms with Gasteiger partial charge in [-0.2, -0.15) is 0 Å². The maximum atomic E-state index is 12.2. The van der Waals surface area contributed by atoms with Crippen LogP contribution in [0.4, 0.5) is 0 Å². The lowest BCUT2D eigenvalue weighted by Crippen LogP contribution is -2.32. The number of esters is 2. The molecule has 2 rings (SSSR count). The van der Waals surface area contributed by atoms with E-state index in [1.54, 1.807) is 0 Å². The van der Waals surface area contributed by atoms with E-state index in [9.17, 15) is 9.59 Å². The van der Waals surface area contributed by atoms with Gasteiger partial charge in [0.15, 0.2) is 0 Å². The second kappa shape index (κ2) is 12.2. The van der Waals surface area contributed by atoms with Gasteiger partial charge >= 0.3 is 11.9 Å². The molecule has 2 fully saturated rings. The fraction of sp³-hybridized carbons (Fsp3) is 0.800. The zero-order chi connectivity index (χ0) is 21.2. The Labute approximate surface area is 177 Å². The van der Waals surface area contributed by atoms with Crippen molar-refractivity contribution < 1.29 is 19.1 Å². The van der Waals surface area contributed by atoms with Crippen LogP contribution in [0.1, 0.15) is 91.9 Å². The van der Waals surface area contributed by atoms with E-state index in [2.05, 4.69) is 33.4 Å². The molecule has 0 bridgehead atoms. The molecule has 0 radical (unpaired) electrons. The molecule has 0 saturated heterocycles. The first kappa shape index (κ1) is 23.7. The molecule has 2 aliphatic carbocycles. The lowest BCUT2D eigenvalue weighted by Gasteiger charge is -2.34. The summed E-state index contributed by atoms with van der Waals surface area (Å²) in [5, 5.41) is 0. The second-order valence-corrected chi connectivity index (χ2v) is 9.34. The molecule has 0 spiro atoms. The third kappa shape index (κ3) is 8.01. The van der Waals surface area contributed by atoms with Crippen LogP contribution in [-0.2, 0) is 19.1 Å². The Morgan fingerprint density at radius 2 is 1.21 bits per heavy atom. The maximum Gasteiger partial charge on any atom is 0.338 e. The summed E-state index contributed by atoms with van der Waals surface area (Å²) in [6.07, 6.45) is 13.3. The molecule has 4 nitrogen and oxygen atoms in total. The lowest BCUT2D eigenvalue weighted by atomic mass is 9.78. The fourth-order valence-electron chi connectivity index (χ4n) is 5.02. The third-order valence-corrected chi connectivity index (χ3v) is 6.64. The van der Waals surface area contributed by atoms with Crippen molar-refractivity contribution >= 4 is 11.9 Å². The van der Waals surface area contributed by atoms with Crippen molar-refractivity contribution in [2.45, 2.75) is 104 Å². The fourth-order valence-corrected chi connectivity index (χ4v) is 5.02. The highest BCUT2D eigenvalue weighted by molar-refractivity contribution is 5.85. The van der Waals surface area contributed by atoms with Crippen molar-refractivity contribution in [3.63, 3.8) is 0 Å². The first-order valence-electron chi connectivity index (χ1n) is 11.8. The Balaban J connectivity index is 1.86. The topological polar surface area (TPSA) is 52.6 Å². The highest BCUT2D eigenvalue weighted by atomic mass is 16.5. The summed E-state index contributed by atoms with van der Waals surface area (Å²) in [4.78, 5) is 24.4. The van der Waals surface area contributed by atoms with Crippen LogP contribution in [0.15, 0.2) is 17.9 Å². The highest BCUT2D eigenvalue weighted by Crippen LogP contribution is 2.34. The molecule has 0 unspecified atom stereocenters. The molecule has 0 aromatic rings. The van der Waals surface area contributed by atoms with Crippen molar-refractivity contribution in [1.29, 1.82) is 0 Å². The van der Waals surface area contributed by atoms with Crippen LogP contribution >= 0.6 is 0 Å². The molecular weight excluding hydrogens is 364 g/mol. The van der Waals surface area contributed by atoms with E-state index in [0.717, 1.165) is 51.4 Å². The standard InChI is InChI=1S/C25H40O4/c1-5-8-20-14-12-18(3)16-22(20)28-24(26)10-7-11-25(27)29-23-17-19(4)13-15-21(23)9-6-2/h10-11,18-23H,5-6,8-9,12-17H2,1-4H3/t7?,18-,19-,20-,21-,22-,23-/m1/s1. The average molecular weight is 405 g/mol. The molecule has 29 heavy (non-hydrogen) atoms. The van der Waals surface area contributed by atoms with Gasteiger partial charge in [0.05, 0.1) is 12.2 Å². The summed E-state index contributed by atoms with van der Waals surface area (Å²) in [5.41, 5.74) is 2.68. The van der Waals surface area contributed by atoms with Gasteiger partial charge in [0, 0.05) is 0 Å². The normalized spacial score (nSPS) is 32.0. The minimum atomic E-state index is -0.413. The van der Waals surface area contributed by atoms with Crippen molar-refractivity contribution in [3.8, 4) is 0 Å². The van der Waals surface area contributed by atoms with Crippen LogP contribution in [0.3, 0.4) is 0 Å². The Bertz CT molecular complexity index is 542. The van der Waals surface area contributed by atoms with Gasteiger partial charge in [0.2, 0.25) is 0 Å². The Hall–Kier alpha value is -1.54. The van der Waals surface area contributed by atoms with E-state index in [1.807, 2.05) is 0 Å². The van der Waals surface area contributed by atoms with Crippen molar-refractivity contribution in [2.75, 3.05) is 0 Å². The third-order valence-electron chi connectivity index (χ3n) is 6.64. The van der Waals surface area contributed by atoms with E-state index >= 15 is 0 Å². The molecule has 0 aromatic carbocycles. The van der Waals surface area contributed by atoms with Gasteiger partial charge in [-0.3, -0.25) is 0 Å². The molecule has 2 saturated carbocycles. The summed E-state index contributed by atoms with van der Waals surface area (Å²) < 4.78 is 11.4. The quantitative estimate of drug-likeness (QED) is 0.283. The van der Waals surface area contributed by atoms with Gasteiger partial charge in [0.1, 0.15) is 12.2 Å². The number of ether oxygens (including phenoxy) is 2. The van der Waals surface area contributed by atoms with Crippen LogP contribution in [0, 0.1) is 23.7 Å². The molecule has 0 heterocycles. The molecule has 164 valence electrons. The summed E-state index contributed by atoms with van der Waals surface area (Å²) in [5.74, 6) is 1.25. The van der Waals surface area contributed by atoms with Crippen molar-refractivity contribution in [3.05, 3.63) is 17.9 Å². The van der Waals surface area contributed by atoms with Crippen molar-refractivity contribution in [1.82, 2.24) is 0 Å². The maximum absolute atomic E-state index is 12.2. The largest absolute Gasteiger partial charge is 0.458 e. The second-order valence-electron chi connectivity index (χ2n) is 9.34. The van der Waals surface area contributed by atoms with Crippen LogP contribution in [0.25, 0.3) is 0 Å². The summed E-state index contributed by atoms with van der Waals surface area (Å²) >= 11 is 0. The van der Waals surface area contributed by atoms with Crippen LogP contribution < -0.4 is 0 Å². The van der Waals surface area contributed by atoms with Crippen LogP contribution in [0.5, 0.6) is 0 Å². The molecule has 0 aliphatic heterocycles. The van der Waals surface area contributed by atoms with Crippen LogP contribution in [-0.4, -0.2) is 24.1 Å². The Morgan fingerprint density at radius 1 is 0.793 bits per heavy atom. The molecule has 2 aliphatic rings. The van der Waals surface area contributed by atoms with E-state index in [1.165, 1.54) is 25.0 Å². The van der Waals surface area contributed by atoms with Gasteiger partial charge in [0.25, 0.3) is 0 Å². The molecule has 4 heteroatoms.